The lowest BCUT2D eigenvalue weighted by Crippen LogP contribution is -2.46. The molecule has 6 heteroatoms. The second kappa shape index (κ2) is 6.62. The van der Waals surface area contributed by atoms with Gasteiger partial charge in [-0.1, -0.05) is 22.5 Å². The molecular weight excluding hydrogens is 348 g/mol. The van der Waals surface area contributed by atoms with Crippen molar-refractivity contribution in [3.63, 3.8) is 0 Å². The summed E-state index contributed by atoms with van der Waals surface area (Å²) in [4.78, 5) is 12.0. The highest BCUT2D eigenvalue weighted by atomic mass is 79.9. The Hall–Kier alpha value is -1.66. The standard InChI is InChI=1S/C16H19BrN2O3/c1-5-22-15(20)14-10-16(21-4,11(2)3)19(18-14)13-8-6-12(17)7-9-13/h6-9H,2,5,10H2,1,3-4H3. The third-order valence-corrected chi connectivity index (χ3v) is 4.09. The smallest absolute Gasteiger partial charge is 0.354 e. The molecule has 0 saturated carbocycles. The van der Waals surface area contributed by atoms with E-state index in [1.165, 1.54) is 0 Å². The van der Waals surface area contributed by atoms with Gasteiger partial charge >= 0.3 is 5.97 Å². The fourth-order valence-corrected chi connectivity index (χ4v) is 2.64. The van der Waals surface area contributed by atoms with E-state index in [9.17, 15) is 4.79 Å². The summed E-state index contributed by atoms with van der Waals surface area (Å²) >= 11 is 3.41. The van der Waals surface area contributed by atoms with E-state index in [-0.39, 0.29) is 0 Å². The molecule has 1 aliphatic rings. The summed E-state index contributed by atoms with van der Waals surface area (Å²) in [6.45, 7) is 7.95. The summed E-state index contributed by atoms with van der Waals surface area (Å²) in [5.41, 5.74) is 1.03. The molecule has 1 unspecified atom stereocenters. The van der Waals surface area contributed by atoms with Gasteiger partial charge in [-0.15, -0.1) is 0 Å². The Kier molecular flexibility index (Phi) is 5.03. The van der Waals surface area contributed by atoms with Gasteiger partial charge in [0.15, 0.2) is 11.4 Å². The molecule has 0 radical (unpaired) electrons. The van der Waals surface area contributed by atoms with Crippen LogP contribution in [0, 0.1) is 0 Å². The van der Waals surface area contributed by atoms with Gasteiger partial charge in [0.25, 0.3) is 0 Å². The SMILES string of the molecule is C=C(C)C1(OC)CC(C(=O)OCC)=NN1c1ccc(Br)cc1. The predicted molar refractivity (Wildman–Crippen MR) is 89.9 cm³/mol. The van der Waals surface area contributed by atoms with E-state index >= 15 is 0 Å². The number of rotatable bonds is 5. The number of hydrogen-bond donors (Lipinski definition) is 0. The second-order valence-electron chi connectivity index (χ2n) is 5.00. The van der Waals surface area contributed by atoms with Gasteiger partial charge in [0.2, 0.25) is 0 Å². The van der Waals surface area contributed by atoms with Crippen molar-refractivity contribution in [3.05, 3.63) is 40.9 Å². The highest BCUT2D eigenvalue weighted by molar-refractivity contribution is 9.10. The first kappa shape index (κ1) is 16.7. The Labute approximate surface area is 138 Å². The number of methoxy groups -OCH3 is 1. The van der Waals surface area contributed by atoms with Crippen LogP contribution in [0.1, 0.15) is 20.3 Å². The van der Waals surface area contributed by atoms with Gasteiger partial charge in [0.1, 0.15) is 0 Å². The zero-order valence-corrected chi connectivity index (χ0v) is 14.5. The van der Waals surface area contributed by atoms with Crippen LogP contribution in [0.15, 0.2) is 46.0 Å². The molecule has 1 aliphatic heterocycles. The zero-order chi connectivity index (χ0) is 16.3. The molecule has 0 N–H and O–H groups in total. The van der Waals surface area contributed by atoms with Crippen molar-refractivity contribution in [1.29, 1.82) is 0 Å². The van der Waals surface area contributed by atoms with Crippen LogP contribution in [0.3, 0.4) is 0 Å². The van der Waals surface area contributed by atoms with Gasteiger partial charge in [-0.05, 0) is 43.7 Å². The van der Waals surface area contributed by atoms with E-state index in [1.54, 1.807) is 19.0 Å². The molecule has 0 fully saturated rings. The highest BCUT2D eigenvalue weighted by Crippen LogP contribution is 2.38. The minimum Gasteiger partial charge on any atom is -0.461 e. The Morgan fingerprint density at radius 1 is 1.45 bits per heavy atom. The number of hydrazone groups is 1. The molecule has 0 amide bonds. The summed E-state index contributed by atoms with van der Waals surface area (Å²) in [6.07, 6.45) is 0.299. The first-order valence-electron chi connectivity index (χ1n) is 6.96. The highest BCUT2D eigenvalue weighted by Gasteiger charge is 2.47. The molecule has 1 atom stereocenters. The molecule has 2 rings (SSSR count). The molecule has 1 aromatic rings. The number of ether oxygens (including phenoxy) is 2. The van der Waals surface area contributed by atoms with Crippen molar-refractivity contribution >= 4 is 33.3 Å². The zero-order valence-electron chi connectivity index (χ0n) is 12.9. The Morgan fingerprint density at radius 2 is 2.09 bits per heavy atom. The van der Waals surface area contributed by atoms with Gasteiger partial charge in [0.05, 0.1) is 18.7 Å². The molecule has 1 heterocycles. The molecule has 0 aliphatic carbocycles. The maximum atomic E-state index is 12.0. The summed E-state index contributed by atoms with van der Waals surface area (Å²) < 4.78 is 11.7. The van der Waals surface area contributed by atoms with Crippen LogP contribution in [0.4, 0.5) is 5.69 Å². The van der Waals surface area contributed by atoms with Crippen LogP contribution in [0.5, 0.6) is 0 Å². The molecule has 5 nitrogen and oxygen atoms in total. The molecule has 0 saturated heterocycles. The van der Waals surface area contributed by atoms with Crippen molar-refractivity contribution in [2.24, 2.45) is 5.10 Å². The van der Waals surface area contributed by atoms with Crippen molar-refractivity contribution in [2.75, 3.05) is 18.7 Å². The first-order chi connectivity index (χ1) is 10.4. The summed E-state index contributed by atoms with van der Waals surface area (Å²) in [7, 11) is 1.59. The number of anilines is 1. The van der Waals surface area contributed by atoms with Crippen molar-refractivity contribution in [2.45, 2.75) is 26.0 Å². The maximum absolute atomic E-state index is 12.0. The monoisotopic (exact) mass is 366 g/mol. The average Bonchev–Trinajstić information content (AvgIpc) is 2.89. The average molecular weight is 367 g/mol. The topological polar surface area (TPSA) is 51.1 Å². The lowest BCUT2D eigenvalue weighted by atomic mass is 9.99. The van der Waals surface area contributed by atoms with Gasteiger partial charge < -0.3 is 9.47 Å². The van der Waals surface area contributed by atoms with E-state index < -0.39 is 11.7 Å². The normalized spacial score (nSPS) is 20.7. The molecule has 0 bridgehead atoms. The number of esters is 1. The fraction of sp³-hybridized carbons (Fsp3) is 0.375. The van der Waals surface area contributed by atoms with Crippen LogP contribution in [-0.4, -0.2) is 31.1 Å². The van der Waals surface area contributed by atoms with Gasteiger partial charge in [-0.3, -0.25) is 0 Å². The Morgan fingerprint density at radius 3 is 2.59 bits per heavy atom. The lowest BCUT2D eigenvalue weighted by molar-refractivity contribution is -0.135. The van der Waals surface area contributed by atoms with Crippen LogP contribution in [0.2, 0.25) is 0 Å². The Bertz CT molecular complexity index is 612. The fourth-order valence-electron chi connectivity index (χ4n) is 2.38. The van der Waals surface area contributed by atoms with Crippen LogP contribution in [0.25, 0.3) is 0 Å². The van der Waals surface area contributed by atoms with Crippen LogP contribution >= 0.6 is 15.9 Å². The number of carbonyl (C=O) groups excluding carboxylic acids is 1. The molecular formula is C16H19BrN2O3. The number of carbonyl (C=O) groups is 1. The van der Waals surface area contributed by atoms with E-state index in [0.29, 0.717) is 18.7 Å². The predicted octanol–water partition coefficient (Wildman–Crippen LogP) is 3.50. The largest absolute Gasteiger partial charge is 0.461 e. The minimum absolute atomic E-state index is 0.299. The third kappa shape index (κ3) is 2.94. The molecule has 0 aromatic heterocycles. The molecule has 22 heavy (non-hydrogen) atoms. The lowest BCUT2D eigenvalue weighted by Gasteiger charge is -2.36. The second-order valence-corrected chi connectivity index (χ2v) is 5.92. The third-order valence-electron chi connectivity index (χ3n) is 3.56. The number of nitrogens with zero attached hydrogens (tertiary/aromatic N) is 2. The van der Waals surface area contributed by atoms with E-state index in [1.807, 2.05) is 31.2 Å². The number of benzene rings is 1. The maximum Gasteiger partial charge on any atom is 0.354 e. The minimum atomic E-state index is -0.879. The van der Waals surface area contributed by atoms with Gasteiger partial charge in [-0.2, -0.15) is 5.10 Å². The van der Waals surface area contributed by atoms with E-state index in [2.05, 4.69) is 27.6 Å². The Balaban J connectivity index is 2.45. The van der Waals surface area contributed by atoms with Crippen molar-refractivity contribution in [1.82, 2.24) is 0 Å². The van der Waals surface area contributed by atoms with Gasteiger partial charge in [0, 0.05) is 11.6 Å². The van der Waals surface area contributed by atoms with Crippen LogP contribution < -0.4 is 5.01 Å². The summed E-state index contributed by atoms with van der Waals surface area (Å²) in [5.74, 6) is -0.426. The van der Waals surface area contributed by atoms with Crippen molar-refractivity contribution in [3.8, 4) is 0 Å². The molecule has 0 spiro atoms. The van der Waals surface area contributed by atoms with Crippen LogP contribution in [-0.2, 0) is 14.3 Å². The summed E-state index contributed by atoms with van der Waals surface area (Å²) in [5, 5.41) is 6.12. The molecule has 118 valence electrons. The number of halogens is 1. The molecule has 1 aromatic carbocycles. The van der Waals surface area contributed by atoms with E-state index in [4.69, 9.17) is 9.47 Å². The van der Waals surface area contributed by atoms with Gasteiger partial charge in [-0.25, -0.2) is 9.80 Å². The number of hydrogen-bond acceptors (Lipinski definition) is 5. The summed E-state index contributed by atoms with van der Waals surface area (Å²) in [6, 6.07) is 7.62. The quantitative estimate of drug-likeness (QED) is 0.591. The van der Waals surface area contributed by atoms with E-state index in [0.717, 1.165) is 15.7 Å². The van der Waals surface area contributed by atoms with Crippen molar-refractivity contribution < 1.29 is 14.3 Å². The first-order valence-corrected chi connectivity index (χ1v) is 7.75.